The molecule has 1 aromatic carbocycles. The summed E-state index contributed by atoms with van der Waals surface area (Å²) in [6.07, 6.45) is 0. The zero-order chi connectivity index (χ0) is 14.0. The van der Waals surface area contributed by atoms with E-state index in [2.05, 4.69) is 20.9 Å². The summed E-state index contributed by atoms with van der Waals surface area (Å²) >= 11 is 3.41. The van der Waals surface area contributed by atoms with Gasteiger partial charge >= 0.3 is 0 Å². The summed E-state index contributed by atoms with van der Waals surface area (Å²) in [5.41, 5.74) is 2.45. The SMILES string of the molecule is Cc1cc(C(=O)N(C)C(C)CBr)c2ccccc2n1. The van der Waals surface area contributed by atoms with Crippen LogP contribution in [0.3, 0.4) is 0 Å². The van der Waals surface area contributed by atoms with Crippen LogP contribution in [-0.4, -0.2) is 34.2 Å². The van der Waals surface area contributed by atoms with Gasteiger partial charge in [-0.25, -0.2) is 0 Å². The molecule has 0 aliphatic rings. The van der Waals surface area contributed by atoms with Crippen molar-refractivity contribution in [3.8, 4) is 0 Å². The van der Waals surface area contributed by atoms with E-state index in [1.54, 1.807) is 4.90 Å². The quantitative estimate of drug-likeness (QED) is 0.812. The fourth-order valence-corrected chi connectivity index (χ4v) is 2.41. The molecule has 19 heavy (non-hydrogen) atoms. The highest BCUT2D eigenvalue weighted by molar-refractivity contribution is 9.09. The molecule has 0 aliphatic carbocycles. The van der Waals surface area contributed by atoms with Gasteiger partial charge in [0.25, 0.3) is 5.91 Å². The van der Waals surface area contributed by atoms with Crippen molar-refractivity contribution >= 4 is 32.7 Å². The molecule has 1 aromatic heterocycles. The van der Waals surface area contributed by atoms with E-state index in [-0.39, 0.29) is 11.9 Å². The number of nitrogens with zero attached hydrogens (tertiary/aromatic N) is 2. The lowest BCUT2D eigenvalue weighted by Crippen LogP contribution is -2.36. The minimum atomic E-state index is 0.0358. The summed E-state index contributed by atoms with van der Waals surface area (Å²) in [6.45, 7) is 3.93. The number of para-hydroxylation sites is 1. The second-order valence-corrected chi connectivity index (χ2v) is 5.40. The fourth-order valence-electron chi connectivity index (χ4n) is 1.98. The van der Waals surface area contributed by atoms with Gasteiger partial charge in [-0.2, -0.15) is 0 Å². The van der Waals surface area contributed by atoms with Gasteiger partial charge in [-0.05, 0) is 26.0 Å². The van der Waals surface area contributed by atoms with E-state index in [1.165, 1.54) is 0 Å². The van der Waals surface area contributed by atoms with Crippen LogP contribution in [0.25, 0.3) is 10.9 Å². The first kappa shape index (κ1) is 14.0. The zero-order valence-corrected chi connectivity index (χ0v) is 12.9. The fraction of sp³-hybridized carbons (Fsp3) is 0.333. The molecule has 2 aromatic rings. The van der Waals surface area contributed by atoms with Gasteiger partial charge in [-0.15, -0.1) is 0 Å². The molecule has 0 aliphatic heterocycles. The molecule has 3 nitrogen and oxygen atoms in total. The van der Waals surface area contributed by atoms with Crippen LogP contribution in [0, 0.1) is 6.92 Å². The van der Waals surface area contributed by atoms with Crippen LogP contribution in [0.4, 0.5) is 0 Å². The smallest absolute Gasteiger partial charge is 0.254 e. The van der Waals surface area contributed by atoms with Crippen LogP contribution in [0.1, 0.15) is 23.0 Å². The molecule has 1 amide bonds. The second kappa shape index (κ2) is 5.70. The number of amides is 1. The number of benzene rings is 1. The van der Waals surface area contributed by atoms with Gasteiger partial charge in [0, 0.05) is 29.5 Å². The third-order valence-corrected chi connectivity index (χ3v) is 4.22. The summed E-state index contributed by atoms with van der Waals surface area (Å²) in [7, 11) is 1.83. The lowest BCUT2D eigenvalue weighted by atomic mass is 10.1. The Kier molecular flexibility index (Phi) is 4.20. The molecule has 2 rings (SSSR count). The summed E-state index contributed by atoms with van der Waals surface area (Å²) in [5.74, 6) is 0.0358. The van der Waals surface area contributed by atoms with Gasteiger partial charge in [-0.3, -0.25) is 9.78 Å². The molecule has 0 bridgehead atoms. The number of carbonyl (C=O) groups excluding carboxylic acids is 1. The Morgan fingerprint density at radius 1 is 1.42 bits per heavy atom. The number of carbonyl (C=O) groups is 1. The molecule has 1 unspecified atom stereocenters. The number of halogens is 1. The zero-order valence-electron chi connectivity index (χ0n) is 11.4. The monoisotopic (exact) mass is 320 g/mol. The van der Waals surface area contributed by atoms with Crippen LogP contribution in [0.5, 0.6) is 0 Å². The minimum absolute atomic E-state index is 0.0358. The molecule has 1 atom stereocenters. The van der Waals surface area contributed by atoms with Gasteiger partial charge in [0.05, 0.1) is 11.1 Å². The molecule has 4 heteroatoms. The topological polar surface area (TPSA) is 33.2 Å². The highest BCUT2D eigenvalue weighted by atomic mass is 79.9. The summed E-state index contributed by atoms with van der Waals surface area (Å²) in [4.78, 5) is 18.8. The average Bonchev–Trinajstić information content (AvgIpc) is 2.43. The Hall–Kier alpha value is -1.42. The molecule has 0 saturated heterocycles. The lowest BCUT2D eigenvalue weighted by molar-refractivity contribution is 0.0760. The first-order valence-corrected chi connectivity index (χ1v) is 7.36. The first-order chi connectivity index (χ1) is 9.04. The Bertz CT molecular complexity index is 612. The van der Waals surface area contributed by atoms with Crippen molar-refractivity contribution in [1.29, 1.82) is 0 Å². The van der Waals surface area contributed by atoms with Crippen LogP contribution < -0.4 is 0 Å². The normalized spacial score (nSPS) is 12.4. The number of rotatable bonds is 3. The van der Waals surface area contributed by atoms with E-state index >= 15 is 0 Å². The van der Waals surface area contributed by atoms with Crippen molar-refractivity contribution in [1.82, 2.24) is 9.88 Å². The molecular formula is C15H17BrN2O. The summed E-state index contributed by atoms with van der Waals surface area (Å²) in [6, 6.07) is 9.77. The van der Waals surface area contributed by atoms with Crippen LogP contribution >= 0.6 is 15.9 Å². The maximum Gasteiger partial charge on any atom is 0.254 e. The largest absolute Gasteiger partial charge is 0.338 e. The maximum atomic E-state index is 12.6. The van der Waals surface area contributed by atoms with Gasteiger partial charge in [0.2, 0.25) is 0 Å². The van der Waals surface area contributed by atoms with Crippen molar-refractivity contribution in [2.75, 3.05) is 12.4 Å². The Balaban J connectivity index is 2.53. The summed E-state index contributed by atoms with van der Waals surface area (Å²) in [5, 5.41) is 1.67. The third-order valence-electron chi connectivity index (χ3n) is 3.28. The van der Waals surface area contributed by atoms with Crippen LogP contribution in [0.15, 0.2) is 30.3 Å². The van der Waals surface area contributed by atoms with Crippen molar-refractivity contribution in [3.63, 3.8) is 0 Å². The number of aryl methyl sites for hydroxylation is 1. The third kappa shape index (κ3) is 2.78. The number of aromatic nitrogens is 1. The van der Waals surface area contributed by atoms with Gasteiger partial charge in [0.1, 0.15) is 0 Å². The molecule has 0 radical (unpaired) electrons. The minimum Gasteiger partial charge on any atom is -0.338 e. The predicted molar refractivity (Wildman–Crippen MR) is 81.8 cm³/mol. The van der Waals surface area contributed by atoms with Crippen molar-refractivity contribution < 1.29 is 4.79 Å². The van der Waals surface area contributed by atoms with Gasteiger partial charge in [0.15, 0.2) is 0 Å². The Morgan fingerprint density at radius 2 is 2.11 bits per heavy atom. The van der Waals surface area contributed by atoms with E-state index < -0.39 is 0 Å². The van der Waals surface area contributed by atoms with Gasteiger partial charge < -0.3 is 4.90 Å². The Labute approximate surface area is 121 Å². The molecular weight excluding hydrogens is 304 g/mol. The van der Waals surface area contributed by atoms with Crippen LogP contribution in [0.2, 0.25) is 0 Å². The van der Waals surface area contributed by atoms with Crippen molar-refractivity contribution in [2.24, 2.45) is 0 Å². The van der Waals surface area contributed by atoms with Crippen LogP contribution in [-0.2, 0) is 0 Å². The lowest BCUT2D eigenvalue weighted by Gasteiger charge is -2.24. The molecule has 0 N–H and O–H groups in total. The van der Waals surface area contributed by atoms with Crippen molar-refractivity contribution in [3.05, 3.63) is 41.6 Å². The first-order valence-electron chi connectivity index (χ1n) is 6.24. The predicted octanol–water partition coefficient (Wildman–Crippen LogP) is 3.40. The number of pyridine rings is 1. The maximum absolute atomic E-state index is 12.6. The van der Waals surface area contributed by atoms with E-state index in [0.717, 1.165) is 27.5 Å². The highest BCUT2D eigenvalue weighted by Crippen LogP contribution is 2.20. The van der Waals surface area contributed by atoms with Gasteiger partial charge in [-0.1, -0.05) is 34.1 Å². The van der Waals surface area contributed by atoms with E-state index in [9.17, 15) is 4.79 Å². The van der Waals surface area contributed by atoms with E-state index in [4.69, 9.17) is 0 Å². The number of hydrogen-bond acceptors (Lipinski definition) is 2. The standard InChI is InChI=1S/C15H17BrN2O/c1-10-8-13(15(19)18(3)11(2)9-16)12-6-4-5-7-14(12)17-10/h4-8,11H,9H2,1-3H3. The summed E-state index contributed by atoms with van der Waals surface area (Å²) < 4.78 is 0. The molecule has 100 valence electrons. The van der Waals surface area contributed by atoms with Crippen molar-refractivity contribution in [2.45, 2.75) is 19.9 Å². The average molecular weight is 321 g/mol. The molecule has 0 spiro atoms. The Morgan fingerprint density at radius 3 is 2.79 bits per heavy atom. The number of alkyl halides is 1. The van der Waals surface area contributed by atoms with E-state index in [0.29, 0.717) is 0 Å². The number of fused-ring (bicyclic) bond motifs is 1. The van der Waals surface area contributed by atoms with E-state index in [1.807, 2.05) is 51.2 Å². The molecule has 1 heterocycles. The molecule has 0 fully saturated rings. The molecule has 0 saturated carbocycles. The highest BCUT2D eigenvalue weighted by Gasteiger charge is 2.19. The second-order valence-electron chi connectivity index (χ2n) is 4.75. The number of hydrogen-bond donors (Lipinski definition) is 0.